The molecule has 1 aliphatic carbocycles. The Labute approximate surface area is 112 Å². The highest BCUT2D eigenvalue weighted by Crippen LogP contribution is 2.32. The predicted octanol–water partition coefficient (Wildman–Crippen LogP) is 5.21. The van der Waals surface area contributed by atoms with Gasteiger partial charge in [0.15, 0.2) is 0 Å². The average molecular weight is 275 g/mol. The summed E-state index contributed by atoms with van der Waals surface area (Å²) in [6.45, 7) is 0. The van der Waals surface area contributed by atoms with Crippen molar-refractivity contribution in [3.05, 3.63) is 34.6 Å². The van der Waals surface area contributed by atoms with E-state index in [2.05, 4.69) is 0 Å². The quantitative estimate of drug-likeness (QED) is 0.513. The molecule has 1 aromatic carbocycles. The summed E-state index contributed by atoms with van der Waals surface area (Å²) in [6, 6.07) is 4.87. The second-order valence-electron chi connectivity index (χ2n) is 4.82. The minimum atomic E-state index is -0.203. The maximum absolute atomic E-state index is 13.7. The highest BCUT2D eigenvalue weighted by atomic mass is 35.5. The molecule has 0 amide bonds. The van der Waals surface area contributed by atoms with Gasteiger partial charge < -0.3 is 0 Å². The van der Waals surface area contributed by atoms with Crippen LogP contribution in [0.25, 0.3) is 0 Å². The Kier molecular flexibility index (Phi) is 4.69. The molecule has 0 aromatic heterocycles. The monoisotopic (exact) mass is 274 g/mol. The lowest BCUT2D eigenvalue weighted by Crippen LogP contribution is -2.17. The molecule has 0 radical (unpaired) electrons. The third-order valence-corrected chi connectivity index (χ3v) is 4.52. The van der Waals surface area contributed by atoms with Crippen molar-refractivity contribution in [3.8, 4) is 0 Å². The molecule has 2 unspecified atom stereocenters. The summed E-state index contributed by atoms with van der Waals surface area (Å²) in [5, 5.41) is 0.686. The molecule has 0 N–H and O–H groups in total. The van der Waals surface area contributed by atoms with E-state index in [1.54, 1.807) is 12.1 Å². The smallest absolute Gasteiger partial charge is 0.127 e. The first-order chi connectivity index (χ1) is 8.18. The molecule has 0 saturated heterocycles. The summed E-state index contributed by atoms with van der Waals surface area (Å²) < 4.78 is 13.7. The van der Waals surface area contributed by atoms with Gasteiger partial charge in [0.1, 0.15) is 5.82 Å². The van der Waals surface area contributed by atoms with Gasteiger partial charge in [-0.25, -0.2) is 4.39 Å². The van der Waals surface area contributed by atoms with E-state index >= 15 is 0 Å². The van der Waals surface area contributed by atoms with Gasteiger partial charge in [-0.15, -0.1) is 11.6 Å². The van der Waals surface area contributed by atoms with Gasteiger partial charge in [0.25, 0.3) is 0 Å². The van der Waals surface area contributed by atoms with Crippen LogP contribution in [0.4, 0.5) is 4.39 Å². The highest BCUT2D eigenvalue weighted by Gasteiger charge is 2.23. The van der Waals surface area contributed by atoms with E-state index in [0.717, 1.165) is 12.8 Å². The zero-order chi connectivity index (χ0) is 12.3. The Bertz CT molecular complexity index is 358. The molecule has 0 bridgehead atoms. The molecule has 0 spiro atoms. The average Bonchev–Trinajstić information content (AvgIpc) is 2.49. The van der Waals surface area contributed by atoms with Gasteiger partial charge in [-0.3, -0.25) is 0 Å². The van der Waals surface area contributed by atoms with Gasteiger partial charge in [0, 0.05) is 16.0 Å². The van der Waals surface area contributed by atoms with E-state index in [0.29, 0.717) is 22.9 Å². The molecule has 1 aromatic rings. The van der Waals surface area contributed by atoms with Crippen molar-refractivity contribution >= 4 is 23.2 Å². The van der Waals surface area contributed by atoms with Crippen molar-refractivity contribution < 1.29 is 4.39 Å². The third kappa shape index (κ3) is 3.35. The summed E-state index contributed by atoms with van der Waals surface area (Å²) in [5.41, 5.74) is 0.631. The highest BCUT2D eigenvalue weighted by molar-refractivity contribution is 6.31. The summed E-state index contributed by atoms with van der Waals surface area (Å²) in [5.74, 6) is 0.152. The zero-order valence-electron chi connectivity index (χ0n) is 9.76. The lowest BCUT2D eigenvalue weighted by molar-refractivity contribution is 0.454. The molecule has 0 heterocycles. The van der Waals surface area contributed by atoms with Crippen molar-refractivity contribution in [1.29, 1.82) is 0 Å². The second-order valence-corrected chi connectivity index (χ2v) is 5.79. The number of halogens is 3. The predicted molar refractivity (Wildman–Crippen MR) is 71.3 cm³/mol. The van der Waals surface area contributed by atoms with Crippen LogP contribution in [0.5, 0.6) is 0 Å². The number of hydrogen-bond acceptors (Lipinski definition) is 0. The Morgan fingerprint density at radius 2 is 1.94 bits per heavy atom. The normalized spacial score (nSPS) is 25.6. The Morgan fingerprint density at radius 1 is 1.18 bits per heavy atom. The van der Waals surface area contributed by atoms with Crippen LogP contribution in [0.15, 0.2) is 18.2 Å². The van der Waals surface area contributed by atoms with Crippen molar-refractivity contribution in [2.45, 2.75) is 43.9 Å². The number of benzene rings is 1. The van der Waals surface area contributed by atoms with E-state index < -0.39 is 0 Å². The summed E-state index contributed by atoms with van der Waals surface area (Å²) in [4.78, 5) is 0. The summed E-state index contributed by atoms with van der Waals surface area (Å²) in [7, 11) is 0. The van der Waals surface area contributed by atoms with Crippen LogP contribution < -0.4 is 0 Å². The fourth-order valence-corrected chi connectivity index (χ4v) is 3.17. The number of rotatable bonds is 2. The molecule has 2 atom stereocenters. The van der Waals surface area contributed by atoms with Crippen LogP contribution in [0.3, 0.4) is 0 Å². The van der Waals surface area contributed by atoms with Crippen molar-refractivity contribution in [2.24, 2.45) is 5.92 Å². The Balaban J connectivity index is 2.13. The van der Waals surface area contributed by atoms with Crippen LogP contribution in [0.2, 0.25) is 5.02 Å². The van der Waals surface area contributed by atoms with Crippen LogP contribution in [0.1, 0.15) is 37.7 Å². The Morgan fingerprint density at radius 3 is 2.71 bits per heavy atom. The third-order valence-electron chi connectivity index (χ3n) is 3.59. The van der Waals surface area contributed by atoms with Crippen molar-refractivity contribution in [3.63, 3.8) is 0 Å². The first kappa shape index (κ1) is 13.2. The van der Waals surface area contributed by atoms with E-state index in [1.807, 2.05) is 0 Å². The first-order valence-electron chi connectivity index (χ1n) is 6.25. The van der Waals surface area contributed by atoms with Gasteiger partial charge in [-0.2, -0.15) is 0 Å². The largest absolute Gasteiger partial charge is 0.207 e. The molecule has 3 heteroatoms. The van der Waals surface area contributed by atoms with Gasteiger partial charge in [-0.05, 0) is 37.3 Å². The van der Waals surface area contributed by atoms with Gasteiger partial charge in [0.05, 0.1) is 0 Å². The molecule has 1 fully saturated rings. The molecule has 0 aliphatic heterocycles. The maximum Gasteiger partial charge on any atom is 0.127 e. The van der Waals surface area contributed by atoms with Crippen molar-refractivity contribution in [2.75, 3.05) is 0 Å². The molecular formula is C14H17Cl2F. The minimum Gasteiger partial charge on any atom is -0.207 e. The summed E-state index contributed by atoms with van der Waals surface area (Å²) >= 11 is 12.4. The van der Waals surface area contributed by atoms with Crippen molar-refractivity contribution in [1.82, 2.24) is 0 Å². The molecule has 1 saturated carbocycles. The van der Waals surface area contributed by atoms with Gasteiger partial charge >= 0.3 is 0 Å². The molecular weight excluding hydrogens is 258 g/mol. The summed E-state index contributed by atoms with van der Waals surface area (Å²) in [6.07, 6.45) is 6.41. The molecule has 1 aliphatic rings. The number of alkyl halides is 1. The van der Waals surface area contributed by atoms with Crippen LogP contribution in [-0.4, -0.2) is 5.38 Å². The first-order valence-corrected chi connectivity index (χ1v) is 7.07. The van der Waals surface area contributed by atoms with Gasteiger partial charge in [-0.1, -0.05) is 36.9 Å². The lowest BCUT2D eigenvalue weighted by Gasteiger charge is -2.20. The molecule has 17 heavy (non-hydrogen) atoms. The van der Waals surface area contributed by atoms with Crippen LogP contribution >= 0.6 is 23.2 Å². The Hall–Kier alpha value is -0.270. The minimum absolute atomic E-state index is 0.160. The maximum atomic E-state index is 13.7. The van der Waals surface area contributed by atoms with E-state index in [4.69, 9.17) is 23.2 Å². The SMILES string of the molecule is Fc1cccc(Cl)c1CC1CCCCCC1Cl. The molecule has 0 nitrogen and oxygen atoms in total. The van der Waals surface area contributed by atoms with Crippen LogP contribution in [0, 0.1) is 11.7 Å². The molecule has 2 rings (SSSR count). The van der Waals surface area contributed by atoms with E-state index in [-0.39, 0.29) is 11.2 Å². The standard InChI is InChI=1S/C14H17Cl2F/c15-12-6-3-1-2-5-10(12)9-11-13(16)7-4-8-14(11)17/h4,7-8,10,12H,1-3,5-6,9H2. The fourth-order valence-electron chi connectivity index (χ4n) is 2.56. The number of hydrogen-bond donors (Lipinski definition) is 0. The second kappa shape index (κ2) is 6.06. The fraction of sp³-hybridized carbons (Fsp3) is 0.571. The zero-order valence-corrected chi connectivity index (χ0v) is 11.3. The van der Waals surface area contributed by atoms with E-state index in [1.165, 1.54) is 25.3 Å². The van der Waals surface area contributed by atoms with Gasteiger partial charge in [0.2, 0.25) is 0 Å². The topological polar surface area (TPSA) is 0 Å². The van der Waals surface area contributed by atoms with Crippen LogP contribution in [-0.2, 0) is 6.42 Å². The molecule has 94 valence electrons. The van der Waals surface area contributed by atoms with E-state index in [9.17, 15) is 4.39 Å². The lowest BCUT2D eigenvalue weighted by atomic mass is 9.92.